The Kier molecular flexibility index (Phi) is 3.49. The molecule has 0 saturated carbocycles. The maximum absolute atomic E-state index is 14.8. The van der Waals surface area contributed by atoms with Crippen LogP contribution in [0.3, 0.4) is 0 Å². The van der Waals surface area contributed by atoms with Crippen molar-refractivity contribution in [1.29, 1.82) is 0 Å². The van der Waals surface area contributed by atoms with E-state index in [1.54, 1.807) is 10.6 Å². The van der Waals surface area contributed by atoms with Gasteiger partial charge < -0.3 is 10.2 Å². The monoisotopic (exact) mass is 387 g/mol. The Balaban J connectivity index is 1.57. The second kappa shape index (κ2) is 6.09. The number of piperazine rings is 1. The van der Waals surface area contributed by atoms with Gasteiger partial charge in [0.15, 0.2) is 5.82 Å². The predicted octanol–water partition coefficient (Wildman–Crippen LogP) is 2.52. The molecule has 7 heteroatoms. The van der Waals surface area contributed by atoms with E-state index >= 15 is 0 Å². The average molecular weight is 387 g/mol. The summed E-state index contributed by atoms with van der Waals surface area (Å²) in [7, 11) is 0. The molecule has 0 radical (unpaired) electrons. The first-order valence-electron chi connectivity index (χ1n) is 9.78. The van der Waals surface area contributed by atoms with Crippen molar-refractivity contribution in [2.45, 2.75) is 6.54 Å². The molecule has 29 heavy (non-hydrogen) atoms. The number of rotatable bonds is 1. The van der Waals surface area contributed by atoms with Crippen molar-refractivity contribution >= 4 is 27.5 Å². The fraction of sp³-hybridized carbons (Fsp3) is 0.227. The van der Waals surface area contributed by atoms with Crippen LogP contribution in [0.2, 0.25) is 0 Å². The summed E-state index contributed by atoms with van der Waals surface area (Å²) in [5.74, 6) is 0.180. The molecule has 0 amide bonds. The summed E-state index contributed by atoms with van der Waals surface area (Å²) in [5.41, 5.74) is 3.36. The van der Waals surface area contributed by atoms with Gasteiger partial charge in [0.05, 0.1) is 28.7 Å². The summed E-state index contributed by atoms with van der Waals surface area (Å²) in [6.45, 7) is 3.47. The maximum Gasteiger partial charge on any atom is 0.262 e. The van der Waals surface area contributed by atoms with Crippen LogP contribution in [0.1, 0.15) is 5.56 Å². The van der Waals surface area contributed by atoms with Crippen molar-refractivity contribution in [1.82, 2.24) is 19.9 Å². The Bertz CT molecular complexity index is 1360. The number of hydrogen-bond donors (Lipinski definition) is 1. The lowest BCUT2D eigenvalue weighted by Crippen LogP contribution is -2.43. The molecule has 2 aromatic carbocycles. The fourth-order valence-corrected chi connectivity index (χ4v) is 4.35. The van der Waals surface area contributed by atoms with Crippen LogP contribution in [0, 0.1) is 5.82 Å². The molecule has 1 N–H and O–H groups in total. The van der Waals surface area contributed by atoms with Crippen LogP contribution in [-0.2, 0) is 6.54 Å². The fourth-order valence-electron chi connectivity index (χ4n) is 4.35. The molecule has 6 rings (SSSR count). The summed E-state index contributed by atoms with van der Waals surface area (Å²) in [6, 6.07) is 13.0. The van der Waals surface area contributed by atoms with Crippen LogP contribution in [0.5, 0.6) is 0 Å². The van der Waals surface area contributed by atoms with Crippen LogP contribution in [0.25, 0.3) is 33.3 Å². The number of anilines is 1. The lowest BCUT2D eigenvalue weighted by molar-refractivity contribution is 0.567. The quantitative estimate of drug-likeness (QED) is 0.479. The molecule has 4 aromatic rings. The number of benzene rings is 2. The molecule has 0 spiro atoms. The lowest BCUT2D eigenvalue weighted by Gasteiger charge is -2.29. The van der Waals surface area contributed by atoms with Gasteiger partial charge in [-0.15, -0.1) is 0 Å². The van der Waals surface area contributed by atoms with E-state index in [9.17, 15) is 9.18 Å². The molecule has 2 aliphatic rings. The summed E-state index contributed by atoms with van der Waals surface area (Å²) >= 11 is 0. The van der Waals surface area contributed by atoms with Crippen molar-refractivity contribution < 1.29 is 4.39 Å². The van der Waals surface area contributed by atoms with E-state index in [4.69, 9.17) is 9.97 Å². The van der Waals surface area contributed by atoms with Crippen molar-refractivity contribution in [3.05, 3.63) is 64.2 Å². The van der Waals surface area contributed by atoms with Crippen molar-refractivity contribution in [3.63, 3.8) is 0 Å². The van der Waals surface area contributed by atoms with Crippen molar-refractivity contribution in [3.8, 4) is 11.5 Å². The molecule has 2 aromatic heterocycles. The Morgan fingerprint density at radius 1 is 1.00 bits per heavy atom. The number of aromatic nitrogens is 3. The first kappa shape index (κ1) is 16.6. The van der Waals surface area contributed by atoms with Gasteiger partial charge in [-0.1, -0.05) is 18.2 Å². The molecule has 6 nitrogen and oxygen atoms in total. The van der Waals surface area contributed by atoms with E-state index in [-0.39, 0.29) is 11.4 Å². The molecule has 144 valence electrons. The van der Waals surface area contributed by atoms with Gasteiger partial charge in [-0.05, 0) is 24.3 Å². The Morgan fingerprint density at radius 3 is 2.69 bits per heavy atom. The highest BCUT2D eigenvalue weighted by Crippen LogP contribution is 2.32. The number of pyridine rings is 1. The molecule has 1 saturated heterocycles. The third kappa shape index (κ3) is 2.47. The number of halogens is 1. The van der Waals surface area contributed by atoms with Gasteiger partial charge in [0, 0.05) is 37.1 Å². The Morgan fingerprint density at radius 2 is 1.83 bits per heavy atom. The molecule has 0 bridgehead atoms. The minimum absolute atomic E-state index is 0.224. The predicted molar refractivity (Wildman–Crippen MR) is 111 cm³/mol. The average Bonchev–Trinajstić information content (AvgIpc) is 3.11. The summed E-state index contributed by atoms with van der Waals surface area (Å²) in [5, 5.41) is 4.61. The first-order chi connectivity index (χ1) is 14.2. The second-order valence-corrected chi connectivity index (χ2v) is 7.57. The normalized spacial score (nSPS) is 15.7. The summed E-state index contributed by atoms with van der Waals surface area (Å²) in [6.07, 6.45) is 0. The van der Waals surface area contributed by atoms with Gasteiger partial charge in [-0.25, -0.2) is 14.4 Å². The van der Waals surface area contributed by atoms with E-state index in [1.165, 1.54) is 6.07 Å². The van der Waals surface area contributed by atoms with E-state index in [1.807, 2.05) is 29.2 Å². The highest BCUT2D eigenvalue weighted by molar-refractivity contribution is 5.87. The standard InChI is InChI=1S/C22H18FN5O/c23-16-10-15-18(11-19(16)27-7-5-24-6-8-27)26-21-20-14(12-28(21)22(15)29)9-13-3-1-2-4-17(13)25-20/h1-4,9-11,24H,5-8,12H2. The van der Waals surface area contributed by atoms with E-state index in [0.29, 0.717) is 29.0 Å². The minimum Gasteiger partial charge on any atom is -0.367 e. The van der Waals surface area contributed by atoms with E-state index in [2.05, 4.69) is 11.4 Å². The number of hydrogen-bond acceptors (Lipinski definition) is 5. The number of fused-ring (bicyclic) bond motifs is 5. The van der Waals surface area contributed by atoms with Crippen LogP contribution < -0.4 is 15.8 Å². The van der Waals surface area contributed by atoms with Crippen LogP contribution in [0.4, 0.5) is 10.1 Å². The number of nitrogens with zero attached hydrogens (tertiary/aromatic N) is 4. The highest BCUT2D eigenvalue weighted by Gasteiger charge is 2.26. The van der Waals surface area contributed by atoms with Crippen LogP contribution in [-0.4, -0.2) is 40.7 Å². The molecular formula is C22H18FN5O. The third-order valence-corrected chi connectivity index (χ3v) is 5.82. The Hall–Kier alpha value is -3.32. The summed E-state index contributed by atoms with van der Waals surface area (Å²) in [4.78, 5) is 24.6. The first-order valence-corrected chi connectivity index (χ1v) is 9.78. The second-order valence-electron chi connectivity index (χ2n) is 7.57. The van der Waals surface area contributed by atoms with E-state index < -0.39 is 0 Å². The van der Waals surface area contributed by atoms with Gasteiger partial charge in [0.2, 0.25) is 0 Å². The smallest absolute Gasteiger partial charge is 0.262 e. The van der Waals surface area contributed by atoms with Crippen molar-refractivity contribution in [2.75, 3.05) is 31.1 Å². The lowest BCUT2D eigenvalue weighted by atomic mass is 10.1. The van der Waals surface area contributed by atoms with Crippen LogP contribution >= 0.6 is 0 Å². The van der Waals surface area contributed by atoms with E-state index in [0.717, 1.165) is 48.3 Å². The zero-order valence-corrected chi connectivity index (χ0v) is 15.7. The SMILES string of the molecule is O=c1c2cc(F)c(N3CCNCC3)cc2nc2n1Cc1cc3ccccc3nc1-2. The maximum atomic E-state index is 14.8. The van der Waals surface area contributed by atoms with Gasteiger partial charge in [-0.3, -0.25) is 9.36 Å². The van der Waals surface area contributed by atoms with Gasteiger partial charge in [0.25, 0.3) is 5.56 Å². The molecular weight excluding hydrogens is 369 g/mol. The molecule has 4 heterocycles. The summed E-state index contributed by atoms with van der Waals surface area (Å²) < 4.78 is 16.4. The van der Waals surface area contributed by atoms with Gasteiger partial charge in [0.1, 0.15) is 11.5 Å². The van der Waals surface area contributed by atoms with Crippen LogP contribution in [0.15, 0.2) is 47.3 Å². The van der Waals surface area contributed by atoms with Crippen molar-refractivity contribution in [2.24, 2.45) is 0 Å². The number of nitrogens with one attached hydrogen (secondary N) is 1. The zero-order chi connectivity index (χ0) is 19.5. The minimum atomic E-state index is -0.377. The molecule has 0 unspecified atom stereocenters. The zero-order valence-electron chi connectivity index (χ0n) is 15.7. The number of para-hydroxylation sites is 1. The topological polar surface area (TPSA) is 63.1 Å². The largest absolute Gasteiger partial charge is 0.367 e. The molecule has 0 atom stereocenters. The molecule has 2 aliphatic heterocycles. The van der Waals surface area contributed by atoms with Gasteiger partial charge >= 0.3 is 0 Å². The Labute approximate surface area is 165 Å². The highest BCUT2D eigenvalue weighted by atomic mass is 19.1. The van der Waals surface area contributed by atoms with Gasteiger partial charge in [-0.2, -0.15) is 0 Å². The molecule has 1 fully saturated rings. The third-order valence-electron chi connectivity index (χ3n) is 5.82. The molecule has 0 aliphatic carbocycles.